The van der Waals surface area contributed by atoms with Crippen LogP contribution in [-0.2, 0) is 11.2 Å². The van der Waals surface area contributed by atoms with Gasteiger partial charge in [0.05, 0.1) is 10.9 Å². The second kappa shape index (κ2) is 3.92. The van der Waals surface area contributed by atoms with Crippen LogP contribution in [0.3, 0.4) is 0 Å². The molecule has 1 heterocycles. The van der Waals surface area contributed by atoms with E-state index in [-0.39, 0.29) is 5.92 Å². The highest BCUT2D eigenvalue weighted by Crippen LogP contribution is 2.21. The molecule has 0 bridgehead atoms. The zero-order chi connectivity index (χ0) is 9.14. The summed E-state index contributed by atoms with van der Waals surface area (Å²) in [6.07, 6.45) is 0.562. The summed E-state index contributed by atoms with van der Waals surface area (Å²) in [5.41, 5.74) is 0. The van der Waals surface area contributed by atoms with Gasteiger partial charge < -0.3 is 5.11 Å². The zero-order valence-corrected chi connectivity index (χ0v) is 8.15. The average Bonchev–Trinajstić information content (AvgIpc) is 2.35. The smallest absolute Gasteiger partial charge is 0.306 e. The topological polar surface area (TPSA) is 37.3 Å². The Hall–Kier alpha value is -0.540. The number of thiophene rings is 1. The lowest BCUT2D eigenvalue weighted by atomic mass is 10.1. The SMILES string of the molecule is CC(Cc1cc(Cl)cs1)C(=O)O. The first-order chi connectivity index (χ1) is 5.59. The molecule has 1 aromatic heterocycles. The molecule has 0 aliphatic carbocycles. The molecule has 1 N–H and O–H groups in total. The second-order valence-corrected chi connectivity index (χ2v) is 4.11. The van der Waals surface area contributed by atoms with Crippen LogP contribution in [0, 0.1) is 5.92 Å². The summed E-state index contributed by atoms with van der Waals surface area (Å²) in [6, 6.07) is 1.81. The van der Waals surface area contributed by atoms with Gasteiger partial charge in [-0.2, -0.15) is 0 Å². The second-order valence-electron chi connectivity index (χ2n) is 2.67. The highest BCUT2D eigenvalue weighted by molar-refractivity contribution is 7.10. The number of carbonyl (C=O) groups is 1. The van der Waals surface area contributed by atoms with Crippen molar-refractivity contribution in [2.75, 3.05) is 0 Å². The first-order valence-electron chi connectivity index (χ1n) is 3.55. The van der Waals surface area contributed by atoms with E-state index in [2.05, 4.69) is 0 Å². The Kier molecular flexibility index (Phi) is 3.12. The Balaban J connectivity index is 2.58. The first-order valence-corrected chi connectivity index (χ1v) is 4.81. The molecule has 0 aliphatic heterocycles. The van der Waals surface area contributed by atoms with Crippen molar-refractivity contribution < 1.29 is 9.90 Å². The zero-order valence-electron chi connectivity index (χ0n) is 6.58. The largest absolute Gasteiger partial charge is 0.481 e. The van der Waals surface area contributed by atoms with Crippen molar-refractivity contribution in [1.29, 1.82) is 0 Å². The minimum absolute atomic E-state index is 0.334. The molecule has 0 fully saturated rings. The normalized spacial score (nSPS) is 12.8. The van der Waals surface area contributed by atoms with E-state index in [1.807, 2.05) is 11.4 Å². The molecular weight excluding hydrogens is 196 g/mol. The molecule has 2 nitrogen and oxygen atoms in total. The van der Waals surface area contributed by atoms with Crippen LogP contribution < -0.4 is 0 Å². The fourth-order valence-corrected chi connectivity index (χ4v) is 2.05. The van der Waals surface area contributed by atoms with Crippen molar-refractivity contribution in [3.8, 4) is 0 Å². The van der Waals surface area contributed by atoms with Gasteiger partial charge in [-0.15, -0.1) is 11.3 Å². The van der Waals surface area contributed by atoms with Crippen molar-refractivity contribution in [1.82, 2.24) is 0 Å². The van der Waals surface area contributed by atoms with E-state index in [1.54, 1.807) is 6.92 Å². The Morgan fingerprint density at radius 1 is 1.83 bits per heavy atom. The van der Waals surface area contributed by atoms with Crippen LogP contribution >= 0.6 is 22.9 Å². The summed E-state index contributed by atoms with van der Waals surface area (Å²) < 4.78 is 0. The Morgan fingerprint density at radius 2 is 2.50 bits per heavy atom. The molecule has 0 amide bonds. The monoisotopic (exact) mass is 204 g/mol. The third-order valence-corrected chi connectivity index (χ3v) is 2.86. The lowest BCUT2D eigenvalue weighted by Gasteiger charge is -2.01. The summed E-state index contributed by atoms with van der Waals surface area (Å²) >= 11 is 7.19. The molecule has 66 valence electrons. The van der Waals surface area contributed by atoms with Gasteiger partial charge in [-0.25, -0.2) is 0 Å². The minimum Gasteiger partial charge on any atom is -0.481 e. The van der Waals surface area contributed by atoms with E-state index < -0.39 is 5.97 Å². The number of hydrogen-bond donors (Lipinski definition) is 1. The molecule has 4 heteroatoms. The van der Waals surface area contributed by atoms with Crippen molar-refractivity contribution in [3.05, 3.63) is 21.3 Å². The van der Waals surface area contributed by atoms with E-state index in [4.69, 9.17) is 16.7 Å². The van der Waals surface area contributed by atoms with E-state index in [0.29, 0.717) is 11.4 Å². The highest BCUT2D eigenvalue weighted by Gasteiger charge is 2.12. The molecule has 0 radical (unpaired) electrons. The van der Waals surface area contributed by atoms with Crippen LogP contribution in [0.2, 0.25) is 5.02 Å². The molecule has 0 aromatic carbocycles. The van der Waals surface area contributed by atoms with E-state index in [1.165, 1.54) is 11.3 Å². The van der Waals surface area contributed by atoms with Crippen molar-refractivity contribution in [2.24, 2.45) is 5.92 Å². The summed E-state index contributed by atoms with van der Waals surface area (Å²) in [4.78, 5) is 11.5. The molecule has 0 saturated carbocycles. The predicted molar refractivity (Wildman–Crippen MR) is 49.8 cm³/mol. The standard InChI is InChI=1S/C8H9ClO2S/c1-5(8(10)11)2-7-3-6(9)4-12-7/h3-5H,2H2,1H3,(H,10,11). The number of carboxylic acids is 1. The maximum Gasteiger partial charge on any atom is 0.306 e. The lowest BCUT2D eigenvalue weighted by Crippen LogP contribution is -2.11. The minimum atomic E-state index is -0.764. The predicted octanol–water partition coefficient (Wildman–Crippen LogP) is 2.66. The molecule has 0 spiro atoms. The van der Waals surface area contributed by atoms with E-state index >= 15 is 0 Å². The van der Waals surface area contributed by atoms with Crippen LogP contribution in [0.25, 0.3) is 0 Å². The highest BCUT2D eigenvalue weighted by atomic mass is 35.5. The first kappa shape index (κ1) is 9.55. The molecule has 1 unspecified atom stereocenters. The quantitative estimate of drug-likeness (QED) is 0.822. The van der Waals surface area contributed by atoms with Gasteiger partial charge in [0.25, 0.3) is 0 Å². The fraction of sp³-hybridized carbons (Fsp3) is 0.375. The molecular formula is C8H9ClO2S. The Labute approximate surface area is 79.8 Å². The molecule has 1 atom stereocenters. The molecule has 12 heavy (non-hydrogen) atoms. The van der Waals surface area contributed by atoms with Crippen LogP contribution in [0.5, 0.6) is 0 Å². The van der Waals surface area contributed by atoms with E-state index in [0.717, 1.165) is 4.88 Å². The van der Waals surface area contributed by atoms with Crippen LogP contribution in [0.1, 0.15) is 11.8 Å². The van der Waals surface area contributed by atoms with Gasteiger partial charge in [-0.3, -0.25) is 4.79 Å². The van der Waals surface area contributed by atoms with Crippen LogP contribution in [-0.4, -0.2) is 11.1 Å². The third-order valence-electron chi connectivity index (χ3n) is 1.55. The van der Waals surface area contributed by atoms with E-state index in [9.17, 15) is 4.79 Å². The molecule has 1 aromatic rings. The van der Waals surface area contributed by atoms with Crippen LogP contribution in [0.15, 0.2) is 11.4 Å². The Morgan fingerprint density at radius 3 is 2.92 bits per heavy atom. The maximum atomic E-state index is 10.5. The van der Waals surface area contributed by atoms with Gasteiger partial charge in [-0.1, -0.05) is 18.5 Å². The van der Waals surface area contributed by atoms with Crippen molar-refractivity contribution >= 4 is 28.9 Å². The average molecular weight is 205 g/mol. The van der Waals surface area contributed by atoms with Crippen LogP contribution in [0.4, 0.5) is 0 Å². The summed E-state index contributed by atoms with van der Waals surface area (Å²) in [5.74, 6) is -1.10. The fourth-order valence-electron chi connectivity index (χ4n) is 0.850. The molecule has 0 saturated heterocycles. The summed E-state index contributed by atoms with van der Waals surface area (Å²) in [5, 5.41) is 11.1. The molecule has 1 rings (SSSR count). The van der Waals surface area contributed by atoms with Gasteiger partial charge in [0.2, 0.25) is 0 Å². The lowest BCUT2D eigenvalue weighted by molar-refractivity contribution is -0.141. The Bertz CT molecular complexity index is 282. The van der Waals surface area contributed by atoms with Gasteiger partial charge in [0.15, 0.2) is 0 Å². The third kappa shape index (κ3) is 2.50. The van der Waals surface area contributed by atoms with Gasteiger partial charge >= 0.3 is 5.97 Å². The molecule has 0 aliphatic rings. The summed E-state index contributed by atoms with van der Waals surface area (Å²) in [6.45, 7) is 1.69. The number of halogens is 1. The van der Waals surface area contributed by atoms with Crippen molar-refractivity contribution in [3.63, 3.8) is 0 Å². The van der Waals surface area contributed by atoms with Crippen molar-refractivity contribution in [2.45, 2.75) is 13.3 Å². The number of carboxylic acid groups (broad SMARTS) is 1. The van der Waals surface area contributed by atoms with Gasteiger partial charge in [-0.05, 0) is 12.5 Å². The summed E-state index contributed by atoms with van der Waals surface area (Å²) in [7, 11) is 0. The number of rotatable bonds is 3. The van der Waals surface area contributed by atoms with Gasteiger partial charge in [0, 0.05) is 10.3 Å². The maximum absolute atomic E-state index is 10.5. The van der Waals surface area contributed by atoms with Gasteiger partial charge in [0.1, 0.15) is 0 Å². The number of hydrogen-bond acceptors (Lipinski definition) is 2. The number of aliphatic carboxylic acids is 1.